The second kappa shape index (κ2) is 4.77. The van der Waals surface area contributed by atoms with E-state index in [2.05, 4.69) is 25.5 Å². The van der Waals surface area contributed by atoms with Gasteiger partial charge in [-0.2, -0.15) is 5.10 Å². The van der Waals surface area contributed by atoms with Gasteiger partial charge in [-0.15, -0.1) is 11.3 Å². The van der Waals surface area contributed by atoms with Gasteiger partial charge < -0.3 is 5.32 Å². The lowest BCUT2D eigenvalue weighted by molar-refractivity contribution is -0.115. The first-order chi connectivity index (χ1) is 9.22. The highest BCUT2D eigenvalue weighted by Gasteiger charge is 2.11. The lowest BCUT2D eigenvalue weighted by Crippen LogP contribution is -2.15. The van der Waals surface area contributed by atoms with E-state index in [0.29, 0.717) is 11.5 Å². The van der Waals surface area contributed by atoms with E-state index in [-0.39, 0.29) is 12.3 Å². The fourth-order valence-electron chi connectivity index (χ4n) is 1.78. The van der Waals surface area contributed by atoms with Crippen LogP contribution < -0.4 is 5.32 Å². The second-order valence-corrected chi connectivity index (χ2v) is 5.12. The molecule has 0 atom stereocenters. The summed E-state index contributed by atoms with van der Waals surface area (Å²) in [5, 5.41) is 13.2. The summed E-state index contributed by atoms with van der Waals surface area (Å²) in [4.78, 5) is 20.3. The van der Waals surface area contributed by atoms with Crippen molar-refractivity contribution in [3.05, 3.63) is 34.4 Å². The van der Waals surface area contributed by atoms with Gasteiger partial charge >= 0.3 is 0 Å². The Labute approximate surface area is 112 Å². The van der Waals surface area contributed by atoms with Gasteiger partial charge in [0.05, 0.1) is 22.5 Å². The molecule has 19 heavy (non-hydrogen) atoms. The molecular weight excluding hydrogens is 262 g/mol. The number of rotatable bonds is 3. The molecule has 3 aromatic heterocycles. The molecule has 3 heterocycles. The first-order valence-electron chi connectivity index (χ1n) is 5.72. The maximum Gasteiger partial charge on any atom is 0.231 e. The number of hydrogen-bond acceptors (Lipinski definition) is 5. The molecule has 0 fully saturated rings. The van der Waals surface area contributed by atoms with Crippen molar-refractivity contribution in [2.75, 3.05) is 5.32 Å². The molecule has 0 aliphatic carbocycles. The van der Waals surface area contributed by atoms with Crippen LogP contribution >= 0.6 is 11.3 Å². The van der Waals surface area contributed by atoms with Crippen LogP contribution in [0, 0.1) is 6.92 Å². The van der Waals surface area contributed by atoms with Crippen molar-refractivity contribution < 1.29 is 4.79 Å². The molecule has 0 aliphatic rings. The van der Waals surface area contributed by atoms with E-state index in [9.17, 15) is 4.79 Å². The van der Waals surface area contributed by atoms with Crippen molar-refractivity contribution in [3.8, 4) is 0 Å². The number of nitrogens with one attached hydrogen (secondary N) is 2. The Morgan fingerprint density at radius 1 is 1.53 bits per heavy atom. The quantitative estimate of drug-likeness (QED) is 0.763. The van der Waals surface area contributed by atoms with Crippen molar-refractivity contribution in [3.63, 3.8) is 0 Å². The van der Waals surface area contributed by atoms with Gasteiger partial charge in [0.15, 0.2) is 5.65 Å². The highest BCUT2D eigenvalue weighted by Crippen LogP contribution is 2.18. The highest BCUT2D eigenvalue weighted by molar-refractivity contribution is 7.09. The standard InChI is InChI=1S/C12H11N5OS/c1-7-14-8(6-19-7)5-10(18)15-12-9-3-2-4-13-11(9)16-17-12/h2-4,6H,5H2,1H3,(H2,13,15,16,17,18). The number of carbonyl (C=O) groups excluding carboxylic acids is 1. The molecule has 3 rings (SSSR count). The number of H-pyrrole nitrogens is 1. The number of fused-ring (bicyclic) bond motifs is 1. The summed E-state index contributed by atoms with van der Waals surface area (Å²) < 4.78 is 0. The molecular formula is C12H11N5OS. The SMILES string of the molecule is Cc1nc(CC(=O)Nc2[nH]nc3ncccc23)cs1. The smallest absolute Gasteiger partial charge is 0.231 e. The van der Waals surface area contributed by atoms with E-state index in [1.165, 1.54) is 11.3 Å². The van der Waals surface area contributed by atoms with E-state index in [1.807, 2.05) is 18.4 Å². The molecule has 0 aromatic carbocycles. The monoisotopic (exact) mass is 273 g/mol. The Bertz CT molecular complexity index is 732. The van der Waals surface area contributed by atoms with E-state index in [4.69, 9.17) is 0 Å². The summed E-state index contributed by atoms with van der Waals surface area (Å²) in [6, 6.07) is 3.66. The third kappa shape index (κ3) is 2.45. The number of hydrogen-bond donors (Lipinski definition) is 2. The van der Waals surface area contributed by atoms with Crippen LogP contribution in [0.15, 0.2) is 23.7 Å². The predicted molar refractivity (Wildman–Crippen MR) is 73.1 cm³/mol. The molecule has 1 amide bonds. The first-order valence-corrected chi connectivity index (χ1v) is 6.60. The molecule has 0 aliphatic heterocycles. The summed E-state index contributed by atoms with van der Waals surface area (Å²) in [6.07, 6.45) is 1.91. The lowest BCUT2D eigenvalue weighted by Gasteiger charge is -2.01. The Morgan fingerprint density at radius 3 is 3.21 bits per heavy atom. The summed E-state index contributed by atoms with van der Waals surface area (Å²) >= 11 is 1.54. The summed E-state index contributed by atoms with van der Waals surface area (Å²) in [5.74, 6) is 0.444. The molecule has 0 bridgehead atoms. The molecule has 96 valence electrons. The van der Waals surface area contributed by atoms with Crippen LogP contribution in [0.4, 0.5) is 5.82 Å². The van der Waals surface area contributed by atoms with Crippen LogP contribution in [-0.4, -0.2) is 26.1 Å². The summed E-state index contributed by atoms with van der Waals surface area (Å²) in [5.41, 5.74) is 1.37. The van der Waals surface area contributed by atoms with E-state index in [1.54, 1.807) is 12.3 Å². The minimum absolute atomic E-state index is 0.125. The van der Waals surface area contributed by atoms with Gasteiger partial charge in [0.1, 0.15) is 5.82 Å². The number of carbonyl (C=O) groups is 1. The van der Waals surface area contributed by atoms with Crippen molar-refractivity contribution in [1.82, 2.24) is 20.2 Å². The number of aryl methyl sites for hydroxylation is 1. The van der Waals surface area contributed by atoms with E-state index in [0.717, 1.165) is 16.1 Å². The largest absolute Gasteiger partial charge is 0.310 e. The summed E-state index contributed by atoms with van der Waals surface area (Å²) in [6.45, 7) is 1.92. The molecule has 0 radical (unpaired) electrons. The van der Waals surface area contributed by atoms with Gasteiger partial charge in [-0.3, -0.25) is 9.89 Å². The molecule has 7 heteroatoms. The molecule has 3 aromatic rings. The van der Waals surface area contributed by atoms with Gasteiger partial charge in [0.2, 0.25) is 5.91 Å². The average molecular weight is 273 g/mol. The van der Waals surface area contributed by atoms with E-state index >= 15 is 0 Å². The number of aromatic amines is 1. The maximum atomic E-state index is 11.9. The van der Waals surface area contributed by atoms with Crippen LogP contribution in [-0.2, 0) is 11.2 Å². The molecule has 0 saturated carbocycles. The normalized spacial score (nSPS) is 10.8. The molecule has 0 spiro atoms. The van der Waals surface area contributed by atoms with Crippen molar-refractivity contribution in [1.29, 1.82) is 0 Å². The number of thiazole rings is 1. The van der Waals surface area contributed by atoms with Crippen molar-refractivity contribution in [2.24, 2.45) is 0 Å². The zero-order chi connectivity index (χ0) is 13.2. The number of anilines is 1. The third-order valence-corrected chi connectivity index (χ3v) is 3.42. The topological polar surface area (TPSA) is 83.6 Å². The average Bonchev–Trinajstić information content (AvgIpc) is 2.97. The summed E-state index contributed by atoms with van der Waals surface area (Å²) in [7, 11) is 0. The zero-order valence-electron chi connectivity index (χ0n) is 10.2. The molecule has 0 saturated heterocycles. The minimum atomic E-state index is -0.125. The van der Waals surface area contributed by atoms with Crippen LogP contribution in [0.1, 0.15) is 10.7 Å². The maximum absolute atomic E-state index is 11.9. The first kappa shape index (κ1) is 11.8. The third-order valence-electron chi connectivity index (χ3n) is 2.60. The number of amides is 1. The zero-order valence-corrected chi connectivity index (χ0v) is 11.0. The Morgan fingerprint density at radius 2 is 2.42 bits per heavy atom. The Hall–Kier alpha value is -2.28. The number of aromatic nitrogens is 4. The minimum Gasteiger partial charge on any atom is -0.310 e. The van der Waals surface area contributed by atoms with Crippen molar-refractivity contribution in [2.45, 2.75) is 13.3 Å². The Kier molecular flexibility index (Phi) is 2.96. The van der Waals surface area contributed by atoms with Gasteiger partial charge in [0, 0.05) is 11.6 Å². The van der Waals surface area contributed by atoms with Gasteiger partial charge in [-0.1, -0.05) is 0 Å². The second-order valence-electron chi connectivity index (χ2n) is 4.06. The van der Waals surface area contributed by atoms with Gasteiger partial charge in [0.25, 0.3) is 0 Å². The highest BCUT2D eigenvalue weighted by atomic mass is 32.1. The number of nitrogens with zero attached hydrogens (tertiary/aromatic N) is 3. The molecule has 2 N–H and O–H groups in total. The fourth-order valence-corrected chi connectivity index (χ4v) is 2.40. The van der Waals surface area contributed by atoms with E-state index < -0.39 is 0 Å². The van der Waals surface area contributed by atoms with Gasteiger partial charge in [-0.25, -0.2) is 9.97 Å². The van der Waals surface area contributed by atoms with Crippen LogP contribution in [0.5, 0.6) is 0 Å². The fraction of sp³-hybridized carbons (Fsp3) is 0.167. The van der Waals surface area contributed by atoms with Crippen LogP contribution in [0.3, 0.4) is 0 Å². The number of pyridine rings is 1. The predicted octanol–water partition coefficient (Wildman–Crippen LogP) is 1.90. The van der Waals surface area contributed by atoms with Crippen LogP contribution in [0.2, 0.25) is 0 Å². The molecule has 6 nitrogen and oxygen atoms in total. The lowest BCUT2D eigenvalue weighted by atomic mass is 10.3. The van der Waals surface area contributed by atoms with Gasteiger partial charge in [-0.05, 0) is 19.1 Å². The Balaban J connectivity index is 1.76. The van der Waals surface area contributed by atoms with Crippen molar-refractivity contribution >= 4 is 34.1 Å². The molecule has 0 unspecified atom stereocenters. The van der Waals surface area contributed by atoms with Crippen LogP contribution in [0.25, 0.3) is 11.0 Å².